The second kappa shape index (κ2) is 5.67. The van der Waals surface area contributed by atoms with Crippen LogP contribution in [0, 0.1) is 5.92 Å². The lowest BCUT2D eigenvalue weighted by Crippen LogP contribution is -2.33. The van der Waals surface area contributed by atoms with Crippen molar-refractivity contribution in [2.24, 2.45) is 5.92 Å². The molecular weight excluding hydrogens is 178 g/mol. The van der Waals surface area contributed by atoms with Gasteiger partial charge in [-0.3, -0.25) is 9.97 Å². The Bertz CT molecular complexity index is 253. The molecule has 0 aliphatic heterocycles. The number of aliphatic hydroxyl groups excluding tert-OH is 1. The molecule has 0 aromatic carbocycles. The summed E-state index contributed by atoms with van der Waals surface area (Å²) in [5.41, 5.74) is 0.921. The summed E-state index contributed by atoms with van der Waals surface area (Å²) in [5, 5.41) is 12.2. The van der Waals surface area contributed by atoms with Gasteiger partial charge in [0.2, 0.25) is 0 Å². The van der Waals surface area contributed by atoms with E-state index in [-0.39, 0.29) is 18.6 Å². The first-order valence-electron chi connectivity index (χ1n) is 4.83. The van der Waals surface area contributed by atoms with Crippen LogP contribution in [0.3, 0.4) is 0 Å². The smallest absolute Gasteiger partial charge is 0.0724 e. The van der Waals surface area contributed by atoms with Gasteiger partial charge >= 0.3 is 0 Å². The minimum absolute atomic E-state index is 0.203. The largest absolute Gasteiger partial charge is 0.396 e. The van der Waals surface area contributed by atoms with E-state index in [0.29, 0.717) is 6.54 Å². The molecule has 78 valence electrons. The number of nitrogens with zero attached hydrogens (tertiary/aromatic N) is 2. The lowest BCUT2D eigenvalue weighted by Gasteiger charge is -2.18. The highest BCUT2D eigenvalue weighted by molar-refractivity contribution is 4.94. The molecule has 2 N–H and O–H groups in total. The minimum Gasteiger partial charge on any atom is -0.396 e. The Morgan fingerprint density at radius 2 is 2.21 bits per heavy atom. The van der Waals surface area contributed by atoms with Gasteiger partial charge in [0, 0.05) is 37.8 Å². The average Bonchev–Trinajstić information content (AvgIpc) is 2.26. The lowest BCUT2D eigenvalue weighted by atomic mass is 10.1. The molecule has 0 aliphatic rings. The van der Waals surface area contributed by atoms with Gasteiger partial charge in [0.15, 0.2) is 0 Å². The fourth-order valence-corrected chi connectivity index (χ4v) is 1.05. The van der Waals surface area contributed by atoms with E-state index in [1.807, 2.05) is 6.92 Å². The topological polar surface area (TPSA) is 58.0 Å². The van der Waals surface area contributed by atoms with Crippen molar-refractivity contribution in [3.63, 3.8) is 0 Å². The van der Waals surface area contributed by atoms with Gasteiger partial charge in [-0.1, -0.05) is 6.92 Å². The van der Waals surface area contributed by atoms with Crippen LogP contribution in [0.2, 0.25) is 0 Å². The van der Waals surface area contributed by atoms with Crippen LogP contribution in [-0.4, -0.2) is 27.7 Å². The molecule has 0 bridgehead atoms. The first kappa shape index (κ1) is 11.1. The maximum Gasteiger partial charge on any atom is 0.0724 e. The van der Waals surface area contributed by atoms with Crippen molar-refractivity contribution in [2.45, 2.75) is 26.4 Å². The Kier molecular flexibility index (Phi) is 4.49. The van der Waals surface area contributed by atoms with E-state index in [0.717, 1.165) is 5.69 Å². The molecule has 1 aromatic heterocycles. The molecule has 4 nitrogen and oxygen atoms in total. The molecule has 14 heavy (non-hydrogen) atoms. The highest BCUT2D eigenvalue weighted by atomic mass is 16.3. The summed E-state index contributed by atoms with van der Waals surface area (Å²) in [6, 6.07) is 0.280. The van der Waals surface area contributed by atoms with Gasteiger partial charge in [-0.2, -0.15) is 0 Å². The van der Waals surface area contributed by atoms with E-state index in [4.69, 9.17) is 5.11 Å². The Labute approximate surface area is 84.4 Å². The monoisotopic (exact) mass is 195 g/mol. The molecule has 2 unspecified atom stereocenters. The van der Waals surface area contributed by atoms with Crippen molar-refractivity contribution in [2.75, 3.05) is 6.61 Å². The van der Waals surface area contributed by atoms with Crippen LogP contribution in [0.15, 0.2) is 18.6 Å². The maximum absolute atomic E-state index is 8.93. The summed E-state index contributed by atoms with van der Waals surface area (Å²) >= 11 is 0. The number of aliphatic hydroxyl groups is 1. The number of aromatic nitrogens is 2. The van der Waals surface area contributed by atoms with Crippen LogP contribution in [0.25, 0.3) is 0 Å². The molecule has 1 aromatic rings. The zero-order valence-corrected chi connectivity index (χ0v) is 8.64. The third kappa shape index (κ3) is 3.40. The molecule has 0 spiro atoms. The van der Waals surface area contributed by atoms with Crippen LogP contribution in [0.5, 0.6) is 0 Å². The van der Waals surface area contributed by atoms with Gasteiger partial charge < -0.3 is 10.4 Å². The summed E-state index contributed by atoms with van der Waals surface area (Å²) in [6.07, 6.45) is 5.07. The summed E-state index contributed by atoms with van der Waals surface area (Å²) < 4.78 is 0. The molecule has 4 heteroatoms. The fraction of sp³-hybridized carbons (Fsp3) is 0.600. The number of hydrogen-bond acceptors (Lipinski definition) is 4. The van der Waals surface area contributed by atoms with Gasteiger partial charge in [-0.15, -0.1) is 0 Å². The predicted molar refractivity (Wildman–Crippen MR) is 54.6 cm³/mol. The van der Waals surface area contributed by atoms with E-state index in [9.17, 15) is 0 Å². The summed E-state index contributed by atoms with van der Waals surface area (Å²) in [5.74, 6) is 0.256. The van der Waals surface area contributed by atoms with Gasteiger partial charge in [0.25, 0.3) is 0 Å². The van der Waals surface area contributed by atoms with Gasteiger partial charge in [-0.05, 0) is 12.8 Å². The molecule has 0 aliphatic carbocycles. The first-order chi connectivity index (χ1) is 6.74. The first-order valence-corrected chi connectivity index (χ1v) is 4.83. The number of hydrogen-bond donors (Lipinski definition) is 2. The molecule has 0 fully saturated rings. The molecular formula is C10H17N3O. The van der Waals surface area contributed by atoms with Gasteiger partial charge in [0.05, 0.1) is 5.69 Å². The molecule has 0 saturated carbocycles. The van der Waals surface area contributed by atoms with Crippen molar-refractivity contribution in [1.29, 1.82) is 0 Å². The molecule has 0 saturated heterocycles. The predicted octanol–water partition coefficient (Wildman–Crippen LogP) is 0.583. The van der Waals surface area contributed by atoms with E-state index >= 15 is 0 Å². The van der Waals surface area contributed by atoms with E-state index in [1.165, 1.54) is 0 Å². The zero-order valence-electron chi connectivity index (χ0n) is 8.64. The van der Waals surface area contributed by atoms with Gasteiger partial charge in [-0.25, -0.2) is 0 Å². The minimum atomic E-state index is 0.203. The molecule has 1 rings (SSSR count). The Morgan fingerprint density at radius 3 is 2.79 bits per heavy atom. The van der Waals surface area contributed by atoms with Crippen LogP contribution >= 0.6 is 0 Å². The quantitative estimate of drug-likeness (QED) is 0.721. The van der Waals surface area contributed by atoms with Gasteiger partial charge in [0.1, 0.15) is 0 Å². The van der Waals surface area contributed by atoms with Crippen LogP contribution < -0.4 is 5.32 Å². The van der Waals surface area contributed by atoms with Crippen molar-refractivity contribution < 1.29 is 5.11 Å². The Hall–Kier alpha value is -1.00. The third-order valence-corrected chi connectivity index (χ3v) is 2.36. The third-order valence-electron chi connectivity index (χ3n) is 2.36. The van der Waals surface area contributed by atoms with E-state index in [1.54, 1.807) is 18.6 Å². The fourth-order valence-electron chi connectivity index (χ4n) is 1.05. The Morgan fingerprint density at radius 1 is 1.43 bits per heavy atom. The van der Waals surface area contributed by atoms with Crippen LogP contribution in [-0.2, 0) is 6.54 Å². The highest BCUT2D eigenvalue weighted by Crippen LogP contribution is 2.01. The molecule has 0 amide bonds. The Balaban J connectivity index is 2.34. The summed E-state index contributed by atoms with van der Waals surface area (Å²) in [7, 11) is 0. The zero-order chi connectivity index (χ0) is 10.4. The molecule has 2 atom stereocenters. The standard InChI is InChI=1S/C10H17N3O/c1-8(7-14)9(2)13-6-10-5-11-3-4-12-10/h3-5,8-9,13-14H,6-7H2,1-2H3. The van der Waals surface area contributed by atoms with E-state index < -0.39 is 0 Å². The van der Waals surface area contributed by atoms with Crippen LogP contribution in [0.1, 0.15) is 19.5 Å². The van der Waals surface area contributed by atoms with Crippen molar-refractivity contribution in [3.8, 4) is 0 Å². The second-order valence-corrected chi connectivity index (χ2v) is 3.53. The average molecular weight is 195 g/mol. The number of nitrogens with one attached hydrogen (secondary N) is 1. The highest BCUT2D eigenvalue weighted by Gasteiger charge is 2.09. The second-order valence-electron chi connectivity index (χ2n) is 3.53. The maximum atomic E-state index is 8.93. The molecule has 1 heterocycles. The van der Waals surface area contributed by atoms with Crippen LogP contribution in [0.4, 0.5) is 0 Å². The lowest BCUT2D eigenvalue weighted by molar-refractivity contribution is 0.206. The summed E-state index contributed by atoms with van der Waals surface area (Å²) in [4.78, 5) is 8.12. The SMILES string of the molecule is CC(CO)C(C)NCc1cnccn1. The van der Waals surface area contributed by atoms with Crippen molar-refractivity contribution in [1.82, 2.24) is 15.3 Å². The normalized spacial score (nSPS) is 15.1. The van der Waals surface area contributed by atoms with E-state index in [2.05, 4.69) is 22.2 Å². The number of rotatable bonds is 5. The van der Waals surface area contributed by atoms with Crippen molar-refractivity contribution >= 4 is 0 Å². The molecule has 0 radical (unpaired) electrons. The summed E-state index contributed by atoms with van der Waals surface area (Å²) in [6.45, 7) is 4.96. The van der Waals surface area contributed by atoms with Crippen molar-refractivity contribution in [3.05, 3.63) is 24.3 Å².